The van der Waals surface area contributed by atoms with Crippen molar-refractivity contribution in [3.8, 4) is 11.6 Å². The fourth-order valence-corrected chi connectivity index (χ4v) is 4.86. The molecular formula is C22H23FN6O3. The third-order valence-electron chi connectivity index (χ3n) is 6.38. The summed E-state index contributed by atoms with van der Waals surface area (Å²) in [5.74, 6) is 0.877. The Balaban J connectivity index is 1.55. The number of hydrogen-bond acceptors (Lipinski definition) is 7. The Morgan fingerprint density at radius 1 is 1.25 bits per heavy atom. The normalized spacial score (nSPS) is 24.9. The van der Waals surface area contributed by atoms with Crippen molar-refractivity contribution in [3.63, 3.8) is 0 Å². The van der Waals surface area contributed by atoms with Crippen molar-refractivity contribution in [1.29, 1.82) is 0 Å². The van der Waals surface area contributed by atoms with Crippen LogP contribution in [0.25, 0.3) is 5.65 Å². The summed E-state index contributed by atoms with van der Waals surface area (Å²) in [6.07, 6.45) is 8.51. The molecule has 9 nitrogen and oxygen atoms in total. The fourth-order valence-electron chi connectivity index (χ4n) is 4.86. The van der Waals surface area contributed by atoms with E-state index < -0.39 is 5.82 Å². The average Bonchev–Trinajstić information content (AvgIpc) is 3.19. The smallest absolute Gasteiger partial charge is 0.257 e. The Bertz CT molecular complexity index is 1210. The number of hydrogen-bond donors (Lipinski definition) is 1. The number of amides is 1. The molecule has 3 aliphatic rings. The molecule has 1 fully saturated rings. The molecule has 0 aromatic carbocycles. The number of pyridine rings is 1. The highest BCUT2D eigenvalue weighted by Gasteiger charge is 2.39. The zero-order chi connectivity index (χ0) is 21.8. The highest BCUT2D eigenvalue weighted by molar-refractivity contribution is 6.00. The minimum absolute atomic E-state index is 0.00965. The maximum atomic E-state index is 14.2. The Morgan fingerprint density at radius 3 is 3.03 bits per heavy atom. The van der Waals surface area contributed by atoms with Crippen LogP contribution in [0.3, 0.4) is 0 Å². The molecule has 10 heteroatoms. The zero-order valence-electron chi connectivity index (χ0n) is 17.6. The van der Waals surface area contributed by atoms with Crippen molar-refractivity contribution in [3.05, 3.63) is 41.6 Å². The van der Waals surface area contributed by atoms with Gasteiger partial charge in [-0.1, -0.05) is 6.42 Å². The number of carbonyl (C=O) groups is 1. The average molecular weight is 438 g/mol. The summed E-state index contributed by atoms with van der Waals surface area (Å²) >= 11 is 0. The Hall–Kier alpha value is -3.43. The van der Waals surface area contributed by atoms with Crippen molar-refractivity contribution in [1.82, 2.24) is 24.9 Å². The molecule has 5 heterocycles. The number of rotatable bonds is 0. The van der Waals surface area contributed by atoms with E-state index in [0.717, 1.165) is 31.9 Å². The Morgan fingerprint density at radius 2 is 2.12 bits per heavy atom. The second kappa shape index (κ2) is 7.32. The molecule has 2 bridgehead atoms. The van der Waals surface area contributed by atoms with E-state index >= 15 is 0 Å². The quantitative estimate of drug-likeness (QED) is 0.576. The Kier molecular flexibility index (Phi) is 4.41. The van der Waals surface area contributed by atoms with Crippen molar-refractivity contribution < 1.29 is 18.7 Å². The monoisotopic (exact) mass is 438 g/mol. The largest absolute Gasteiger partial charge is 0.483 e. The minimum atomic E-state index is -0.423. The number of fused-ring (bicyclic) bond motifs is 3. The maximum absolute atomic E-state index is 14.2. The van der Waals surface area contributed by atoms with E-state index in [1.54, 1.807) is 10.7 Å². The van der Waals surface area contributed by atoms with Crippen LogP contribution in [0, 0.1) is 5.82 Å². The predicted molar refractivity (Wildman–Crippen MR) is 112 cm³/mol. The molecule has 2 aliphatic heterocycles. The number of anilines is 1. The zero-order valence-corrected chi connectivity index (χ0v) is 17.6. The summed E-state index contributed by atoms with van der Waals surface area (Å²) in [5, 5.41) is 7.23. The highest BCUT2D eigenvalue weighted by Crippen LogP contribution is 2.41. The van der Waals surface area contributed by atoms with E-state index in [1.807, 2.05) is 6.92 Å². The number of ether oxygens (including phenoxy) is 2. The lowest BCUT2D eigenvalue weighted by atomic mass is 9.89. The number of nitrogens with zero attached hydrogens (tertiary/aromatic N) is 5. The summed E-state index contributed by atoms with van der Waals surface area (Å²) in [7, 11) is 0. The predicted octanol–water partition coefficient (Wildman–Crippen LogP) is 2.48. The van der Waals surface area contributed by atoms with Gasteiger partial charge in [-0.05, 0) is 32.3 Å². The topological polar surface area (TPSA) is 93.9 Å². The summed E-state index contributed by atoms with van der Waals surface area (Å²) in [6.45, 7) is 2.41. The maximum Gasteiger partial charge on any atom is 0.257 e. The third-order valence-corrected chi connectivity index (χ3v) is 6.38. The minimum Gasteiger partial charge on any atom is -0.483 e. The van der Waals surface area contributed by atoms with E-state index in [9.17, 15) is 9.18 Å². The van der Waals surface area contributed by atoms with Gasteiger partial charge in [0.15, 0.2) is 17.2 Å². The SMILES string of the molecule is C[C@H]1COc2ncc(F)cc2CN2c3nc4c(cnn4cc3O[C@H]3CCCC[C@H]32)C(=O)N1. The van der Waals surface area contributed by atoms with E-state index in [0.29, 0.717) is 40.8 Å². The van der Waals surface area contributed by atoms with Crippen molar-refractivity contribution >= 4 is 17.4 Å². The van der Waals surface area contributed by atoms with Gasteiger partial charge in [-0.15, -0.1) is 0 Å². The first kappa shape index (κ1) is 19.3. The molecule has 1 saturated carbocycles. The van der Waals surface area contributed by atoms with Crippen LogP contribution in [0.4, 0.5) is 10.2 Å². The number of halogens is 1. The van der Waals surface area contributed by atoms with Crippen LogP contribution in [0.1, 0.15) is 48.5 Å². The van der Waals surface area contributed by atoms with E-state index in [4.69, 9.17) is 14.5 Å². The Labute approximate surface area is 183 Å². The summed E-state index contributed by atoms with van der Waals surface area (Å²) in [6, 6.07) is 1.25. The summed E-state index contributed by atoms with van der Waals surface area (Å²) < 4.78 is 28.0. The van der Waals surface area contributed by atoms with Gasteiger partial charge < -0.3 is 19.7 Å². The highest BCUT2D eigenvalue weighted by atomic mass is 19.1. The molecule has 0 saturated heterocycles. The van der Waals surface area contributed by atoms with Crippen LogP contribution in [0.5, 0.6) is 11.6 Å². The molecule has 3 atom stereocenters. The van der Waals surface area contributed by atoms with Gasteiger partial charge in [0.25, 0.3) is 5.91 Å². The van der Waals surface area contributed by atoms with Crippen LogP contribution in [-0.4, -0.2) is 50.3 Å². The molecule has 1 N–H and O–H groups in total. The second-order valence-electron chi connectivity index (χ2n) is 8.69. The molecular weight excluding hydrogens is 415 g/mol. The van der Waals surface area contributed by atoms with Gasteiger partial charge in [0.1, 0.15) is 24.1 Å². The van der Waals surface area contributed by atoms with Gasteiger partial charge in [-0.3, -0.25) is 4.79 Å². The van der Waals surface area contributed by atoms with E-state index in [-0.39, 0.29) is 30.7 Å². The lowest BCUT2D eigenvalue weighted by Crippen LogP contribution is -2.51. The van der Waals surface area contributed by atoms with Crippen LogP contribution >= 0.6 is 0 Å². The van der Waals surface area contributed by atoms with Crippen molar-refractivity contribution in [2.45, 2.75) is 57.3 Å². The molecule has 32 heavy (non-hydrogen) atoms. The molecule has 0 spiro atoms. The first-order chi connectivity index (χ1) is 15.6. The van der Waals surface area contributed by atoms with Gasteiger partial charge in [-0.25, -0.2) is 18.9 Å². The van der Waals surface area contributed by atoms with Gasteiger partial charge in [0.2, 0.25) is 5.88 Å². The van der Waals surface area contributed by atoms with Gasteiger partial charge in [-0.2, -0.15) is 5.10 Å². The standard InChI is InChI=1S/C22H23FN6O3/c1-12-11-31-22-13(6-14(23)7-24-22)9-28-16-4-2-3-5-17(16)32-18-10-29-19(27-20(18)28)15(8-25-29)21(30)26-12/h6-8,10,12,16-17H,2-5,9,11H2,1H3,(H,26,30)/t12-,16+,17-/m0/s1. The first-order valence-corrected chi connectivity index (χ1v) is 11.0. The number of nitrogens with one attached hydrogen (secondary N) is 1. The van der Waals surface area contributed by atoms with Crippen molar-refractivity contribution in [2.24, 2.45) is 0 Å². The molecule has 1 aliphatic carbocycles. The number of carbonyl (C=O) groups excluding carboxylic acids is 1. The van der Waals surface area contributed by atoms with Crippen LogP contribution in [0.15, 0.2) is 24.7 Å². The second-order valence-corrected chi connectivity index (χ2v) is 8.69. The van der Waals surface area contributed by atoms with Crippen LogP contribution in [-0.2, 0) is 6.54 Å². The first-order valence-electron chi connectivity index (χ1n) is 11.0. The van der Waals surface area contributed by atoms with E-state index in [2.05, 4.69) is 20.3 Å². The van der Waals surface area contributed by atoms with Gasteiger partial charge in [0.05, 0.1) is 37.2 Å². The lowest BCUT2D eigenvalue weighted by molar-refractivity contribution is 0.0927. The van der Waals surface area contributed by atoms with Crippen molar-refractivity contribution in [2.75, 3.05) is 11.5 Å². The molecule has 3 aromatic heterocycles. The molecule has 3 aromatic rings. The van der Waals surface area contributed by atoms with E-state index in [1.165, 1.54) is 12.3 Å². The molecule has 166 valence electrons. The fraction of sp³-hybridized carbons (Fsp3) is 0.455. The van der Waals surface area contributed by atoms with Crippen LogP contribution < -0.4 is 19.7 Å². The molecule has 6 rings (SSSR count). The third kappa shape index (κ3) is 3.12. The number of aromatic nitrogens is 4. The lowest BCUT2D eigenvalue weighted by Gasteiger charge is -2.45. The summed E-state index contributed by atoms with van der Waals surface area (Å²) in [5.41, 5.74) is 1.47. The molecule has 1 amide bonds. The molecule has 0 radical (unpaired) electrons. The summed E-state index contributed by atoms with van der Waals surface area (Å²) in [4.78, 5) is 24.1. The van der Waals surface area contributed by atoms with Gasteiger partial charge in [0, 0.05) is 5.56 Å². The molecule has 0 unspecified atom stereocenters. The van der Waals surface area contributed by atoms with Crippen LogP contribution in [0.2, 0.25) is 0 Å². The van der Waals surface area contributed by atoms with Gasteiger partial charge >= 0.3 is 0 Å².